The van der Waals surface area contributed by atoms with Crippen LogP contribution in [-0.2, 0) is 4.79 Å². The summed E-state index contributed by atoms with van der Waals surface area (Å²) < 4.78 is 17.7. The van der Waals surface area contributed by atoms with Gasteiger partial charge in [-0.2, -0.15) is 4.39 Å². The highest BCUT2D eigenvalue weighted by molar-refractivity contribution is 5.76. The summed E-state index contributed by atoms with van der Waals surface area (Å²) in [6.45, 7) is 1.39. The summed E-state index contributed by atoms with van der Waals surface area (Å²) in [7, 11) is 0. The molecule has 0 amide bonds. The Hall–Kier alpha value is -2.58. The molecule has 0 N–H and O–H groups in total. The van der Waals surface area contributed by atoms with Crippen molar-refractivity contribution in [3.8, 4) is 5.75 Å². The second-order valence-corrected chi connectivity index (χ2v) is 3.09. The number of carbonyl (C=O) groups excluding carboxylic acids is 1. The van der Waals surface area contributed by atoms with Crippen molar-refractivity contribution < 1.29 is 23.8 Å². The van der Waals surface area contributed by atoms with Gasteiger partial charge in [0.25, 0.3) is 5.75 Å². The van der Waals surface area contributed by atoms with Crippen LogP contribution in [0.5, 0.6) is 5.75 Å². The van der Waals surface area contributed by atoms with E-state index in [9.17, 15) is 29.4 Å². The Bertz CT molecular complexity index is 530. The Kier molecular flexibility index (Phi) is 3.87. The van der Waals surface area contributed by atoms with Crippen molar-refractivity contribution in [2.75, 3.05) is 0 Å². The zero-order valence-corrected chi connectivity index (χ0v) is 9.08. The summed E-state index contributed by atoms with van der Waals surface area (Å²) in [5.41, 5.74) is -2.07. The summed E-state index contributed by atoms with van der Waals surface area (Å²) >= 11 is 0. The molecule has 8 nitrogen and oxygen atoms in total. The molecule has 0 heterocycles. The van der Waals surface area contributed by atoms with Gasteiger partial charge < -0.3 is 4.74 Å². The maximum Gasteiger partial charge on any atom is 0.354 e. The first-order valence-corrected chi connectivity index (χ1v) is 4.70. The van der Waals surface area contributed by atoms with E-state index in [4.69, 9.17) is 0 Å². The molecule has 0 aliphatic rings. The van der Waals surface area contributed by atoms with Crippen LogP contribution < -0.4 is 4.74 Å². The van der Waals surface area contributed by atoms with Gasteiger partial charge in [0.1, 0.15) is 0 Å². The van der Waals surface area contributed by atoms with Gasteiger partial charge in [0, 0.05) is 12.5 Å². The van der Waals surface area contributed by atoms with Crippen LogP contribution in [0, 0.1) is 26.0 Å². The second-order valence-electron chi connectivity index (χ2n) is 3.09. The molecule has 0 aromatic heterocycles. The first-order valence-electron chi connectivity index (χ1n) is 4.70. The van der Waals surface area contributed by atoms with Crippen molar-refractivity contribution >= 4 is 17.3 Å². The zero-order valence-electron chi connectivity index (χ0n) is 9.08. The lowest BCUT2D eigenvalue weighted by Crippen LogP contribution is -2.10. The van der Waals surface area contributed by atoms with E-state index in [-0.39, 0.29) is 6.42 Å². The number of hydrogen-bond donors (Lipinski definition) is 0. The van der Waals surface area contributed by atoms with Crippen molar-refractivity contribution in [1.82, 2.24) is 0 Å². The number of rotatable bonds is 4. The van der Waals surface area contributed by atoms with Crippen LogP contribution >= 0.6 is 0 Å². The molecule has 0 saturated carbocycles. The predicted octanol–water partition coefficient (Wildman–Crippen LogP) is 1.96. The molecule has 0 atom stereocenters. The minimum Gasteiger partial charge on any atom is -0.412 e. The average Bonchev–Trinajstić information content (AvgIpc) is 2.27. The number of nitro benzene ring substituents is 2. The molecule has 18 heavy (non-hydrogen) atoms. The Labute approximate surface area is 99.3 Å². The summed E-state index contributed by atoms with van der Waals surface area (Å²) in [6.07, 6.45) is -0.162. The Morgan fingerprint density at radius 2 is 1.94 bits per heavy atom. The molecule has 1 rings (SSSR count). The van der Waals surface area contributed by atoms with E-state index in [1.807, 2.05) is 0 Å². The molecule has 1 aromatic rings. The van der Waals surface area contributed by atoms with E-state index >= 15 is 0 Å². The Morgan fingerprint density at radius 1 is 1.33 bits per heavy atom. The van der Waals surface area contributed by atoms with Crippen LogP contribution in [0.15, 0.2) is 12.1 Å². The number of nitro groups is 2. The molecule has 0 bridgehead atoms. The maximum absolute atomic E-state index is 13.2. The topological polar surface area (TPSA) is 113 Å². The standard InChI is InChI=1S/C9H7FN2O6/c1-2-7(13)18-9-6(11(14)15)4-3-5(10)8(9)12(16)17/h3-4H,2H2,1H3. The third-order valence-corrected chi connectivity index (χ3v) is 1.95. The molecule has 0 aliphatic heterocycles. The number of nitrogens with zero attached hydrogens (tertiary/aromatic N) is 2. The lowest BCUT2D eigenvalue weighted by molar-refractivity contribution is -0.397. The first kappa shape index (κ1) is 13.5. The smallest absolute Gasteiger partial charge is 0.354 e. The number of carbonyl (C=O) groups is 1. The van der Waals surface area contributed by atoms with Gasteiger partial charge in [-0.25, -0.2) is 0 Å². The lowest BCUT2D eigenvalue weighted by Gasteiger charge is -2.04. The number of halogens is 1. The highest BCUT2D eigenvalue weighted by atomic mass is 19.1. The number of ether oxygens (including phenoxy) is 1. The van der Waals surface area contributed by atoms with Crippen LogP contribution in [0.25, 0.3) is 0 Å². The van der Waals surface area contributed by atoms with E-state index in [1.165, 1.54) is 6.92 Å². The summed E-state index contributed by atoms with van der Waals surface area (Å²) in [6, 6.07) is 1.26. The molecule has 0 unspecified atom stereocenters. The molecule has 0 radical (unpaired) electrons. The highest BCUT2D eigenvalue weighted by Crippen LogP contribution is 2.38. The van der Waals surface area contributed by atoms with Gasteiger partial charge in [-0.05, 0) is 6.07 Å². The van der Waals surface area contributed by atoms with E-state index in [1.54, 1.807) is 0 Å². The average molecular weight is 258 g/mol. The SMILES string of the molecule is CCC(=O)Oc1c([N+](=O)[O-])ccc(F)c1[N+](=O)[O-]. The van der Waals surface area contributed by atoms with Crippen molar-refractivity contribution in [3.63, 3.8) is 0 Å². The van der Waals surface area contributed by atoms with Crippen LogP contribution in [0.2, 0.25) is 0 Å². The van der Waals surface area contributed by atoms with E-state index < -0.39 is 38.8 Å². The normalized spacial score (nSPS) is 9.89. The third-order valence-electron chi connectivity index (χ3n) is 1.95. The van der Waals surface area contributed by atoms with E-state index in [0.717, 1.165) is 0 Å². The van der Waals surface area contributed by atoms with E-state index in [0.29, 0.717) is 12.1 Å². The van der Waals surface area contributed by atoms with Gasteiger partial charge in [0.2, 0.25) is 5.82 Å². The van der Waals surface area contributed by atoms with Crippen LogP contribution in [0.3, 0.4) is 0 Å². The van der Waals surface area contributed by atoms with Crippen molar-refractivity contribution in [2.24, 2.45) is 0 Å². The fourth-order valence-corrected chi connectivity index (χ4v) is 1.14. The largest absolute Gasteiger partial charge is 0.412 e. The quantitative estimate of drug-likeness (QED) is 0.353. The zero-order chi connectivity index (χ0) is 13.9. The molecule has 0 saturated heterocycles. The van der Waals surface area contributed by atoms with Crippen molar-refractivity contribution in [2.45, 2.75) is 13.3 Å². The Morgan fingerprint density at radius 3 is 2.39 bits per heavy atom. The lowest BCUT2D eigenvalue weighted by atomic mass is 10.2. The number of benzene rings is 1. The maximum atomic E-state index is 13.2. The summed E-state index contributed by atoms with van der Waals surface area (Å²) in [5.74, 6) is -3.24. The monoisotopic (exact) mass is 258 g/mol. The van der Waals surface area contributed by atoms with E-state index in [2.05, 4.69) is 4.74 Å². The van der Waals surface area contributed by atoms with Gasteiger partial charge in [-0.15, -0.1) is 0 Å². The number of hydrogen-bond acceptors (Lipinski definition) is 6. The second kappa shape index (κ2) is 5.17. The molecule has 0 fully saturated rings. The number of esters is 1. The van der Waals surface area contributed by atoms with Crippen LogP contribution in [0.1, 0.15) is 13.3 Å². The summed E-state index contributed by atoms with van der Waals surface area (Å²) in [4.78, 5) is 30.2. The van der Waals surface area contributed by atoms with Gasteiger partial charge >= 0.3 is 17.3 Å². The molecule has 1 aromatic carbocycles. The highest BCUT2D eigenvalue weighted by Gasteiger charge is 2.32. The van der Waals surface area contributed by atoms with Gasteiger partial charge in [-0.3, -0.25) is 25.0 Å². The molecular weight excluding hydrogens is 251 g/mol. The Balaban J connectivity index is 3.48. The molecular formula is C9H7FN2O6. The fourth-order valence-electron chi connectivity index (χ4n) is 1.14. The minimum absolute atomic E-state index is 0.162. The third kappa shape index (κ3) is 2.56. The molecule has 9 heteroatoms. The van der Waals surface area contributed by atoms with Crippen molar-refractivity contribution in [1.29, 1.82) is 0 Å². The molecule has 0 aliphatic carbocycles. The summed E-state index contributed by atoms with van der Waals surface area (Å²) in [5, 5.41) is 21.3. The predicted molar refractivity (Wildman–Crippen MR) is 55.6 cm³/mol. The fraction of sp³-hybridized carbons (Fsp3) is 0.222. The molecule has 96 valence electrons. The first-order chi connectivity index (χ1) is 8.38. The van der Waals surface area contributed by atoms with Gasteiger partial charge in [0.05, 0.1) is 9.85 Å². The van der Waals surface area contributed by atoms with Gasteiger partial charge in [-0.1, -0.05) is 6.92 Å². The minimum atomic E-state index is -1.32. The molecule has 0 spiro atoms. The van der Waals surface area contributed by atoms with Gasteiger partial charge in [0.15, 0.2) is 0 Å². The van der Waals surface area contributed by atoms with Crippen molar-refractivity contribution in [3.05, 3.63) is 38.2 Å². The van der Waals surface area contributed by atoms with Crippen LogP contribution in [0.4, 0.5) is 15.8 Å². The van der Waals surface area contributed by atoms with Crippen LogP contribution in [-0.4, -0.2) is 15.8 Å².